The van der Waals surface area contributed by atoms with Crippen molar-refractivity contribution in [3.8, 4) is 0 Å². The Labute approximate surface area is 114 Å². The first-order chi connectivity index (χ1) is 7.85. The van der Waals surface area contributed by atoms with Crippen molar-refractivity contribution in [2.45, 2.75) is 46.1 Å². The van der Waals surface area contributed by atoms with Gasteiger partial charge in [0, 0.05) is 25.0 Å². The van der Waals surface area contributed by atoms with Crippen LogP contribution in [-0.4, -0.2) is 37.7 Å². The summed E-state index contributed by atoms with van der Waals surface area (Å²) in [7, 11) is -1.72. The van der Waals surface area contributed by atoms with E-state index in [9.17, 15) is 8.42 Å². The van der Waals surface area contributed by atoms with Gasteiger partial charge in [-0.3, -0.25) is 0 Å². The Bertz CT molecular complexity index is 288. The Morgan fingerprint density at radius 1 is 1.29 bits per heavy atom. The van der Waals surface area contributed by atoms with Gasteiger partial charge in [-0.05, 0) is 32.6 Å². The van der Waals surface area contributed by atoms with E-state index in [1.165, 1.54) is 4.31 Å². The molecule has 0 aromatic carbocycles. The molecule has 0 aliphatic carbocycles. The summed E-state index contributed by atoms with van der Waals surface area (Å²) >= 11 is 3.40. The molecule has 0 aromatic heterocycles. The van der Waals surface area contributed by atoms with E-state index in [2.05, 4.69) is 27.6 Å². The van der Waals surface area contributed by atoms with Crippen molar-refractivity contribution in [3.05, 3.63) is 0 Å². The molecule has 17 heavy (non-hydrogen) atoms. The van der Waals surface area contributed by atoms with E-state index in [0.717, 1.165) is 24.6 Å². The summed E-state index contributed by atoms with van der Waals surface area (Å²) in [5.41, 5.74) is 0. The summed E-state index contributed by atoms with van der Waals surface area (Å²) in [6.07, 6.45) is 3.14. The van der Waals surface area contributed by atoms with E-state index in [1.807, 2.05) is 13.8 Å². The molecule has 0 bridgehead atoms. The van der Waals surface area contributed by atoms with Gasteiger partial charge in [-0.2, -0.15) is 12.7 Å². The molecule has 0 saturated heterocycles. The number of rotatable bonds is 9. The Hall–Kier alpha value is 0.350. The highest BCUT2D eigenvalue weighted by Crippen LogP contribution is 2.12. The van der Waals surface area contributed by atoms with E-state index in [4.69, 9.17) is 0 Å². The topological polar surface area (TPSA) is 49.4 Å². The third-order valence-corrected chi connectivity index (χ3v) is 5.04. The fourth-order valence-electron chi connectivity index (χ4n) is 1.51. The average molecular weight is 329 g/mol. The van der Waals surface area contributed by atoms with E-state index >= 15 is 0 Å². The molecule has 1 atom stereocenters. The summed E-state index contributed by atoms with van der Waals surface area (Å²) < 4.78 is 27.8. The third-order valence-electron chi connectivity index (χ3n) is 2.88. The van der Waals surface area contributed by atoms with Gasteiger partial charge in [0.2, 0.25) is 0 Å². The van der Waals surface area contributed by atoms with Crippen LogP contribution in [0.4, 0.5) is 0 Å². The van der Waals surface area contributed by atoms with Crippen LogP contribution < -0.4 is 4.72 Å². The van der Waals surface area contributed by atoms with Crippen molar-refractivity contribution in [2.24, 2.45) is 5.92 Å². The highest BCUT2D eigenvalue weighted by Gasteiger charge is 2.21. The number of alkyl halides is 1. The summed E-state index contributed by atoms with van der Waals surface area (Å²) in [5, 5.41) is 0.916. The lowest BCUT2D eigenvalue weighted by atomic mass is 10.0. The van der Waals surface area contributed by atoms with Crippen LogP contribution in [0.5, 0.6) is 0 Å². The number of nitrogens with one attached hydrogen (secondary N) is 1. The lowest BCUT2D eigenvalue weighted by Gasteiger charge is -2.23. The van der Waals surface area contributed by atoms with Crippen molar-refractivity contribution in [1.29, 1.82) is 0 Å². The maximum Gasteiger partial charge on any atom is 0.279 e. The number of hydrogen-bond donors (Lipinski definition) is 1. The zero-order valence-electron chi connectivity index (χ0n) is 11.2. The summed E-state index contributed by atoms with van der Waals surface area (Å²) in [6.45, 7) is 6.37. The summed E-state index contributed by atoms with van der Waals surface area (Å²) in [6, 6.07) is -0.0201. The van der Waals surface area contributed by atoms with Crippen molar-refractivity contribution in [1.82, 2.24) is 9.03 Å². The second kappa shape index (κ2) is 8.45. The number of nitrogens with zero attached hydrogens (tertiary/aromatic N) is 1. The monoisotopic (exact) mass is 328 g/mol. The molecule has 0 rings (SSSR count). The van der Waals surface area contributed by atoms with Gasteiger partial charge < -0.3 is 0 Å². The molecular weight excluding hydrogens is 304 g/mol. The molecule has 1 N–H and O–H groups in total. The van der Waals surface area contributed by atoms with Crippen LogP contribution in [-0.2, 0) is 10.2 Å². The molecule has 0 spiro atoms. The molecule has 0 amide bonds. The van der Waals surface area contributed by atoms with E-state index in [1.54, 1.807) is 7.05 Å². The highest BCUT2D eigenvalue weighted by molar-refractivity contribution is 9.09. The minimum atomic E-state index is -3.32. The van der Waals surface area contributed by atoms with Crippen LogP contribution >= 0.6 is 15.9 Å². The molecule has 0 heterocycles. The van der Waals surface area contributed by atoms with Crippen LogP contribution in [0.15, 0.2) is 0 Å². The molecule has 1 unspecified atom stereocenters. The van der Waals surface area contributed by atoms with Gasteiger partial charge in [-0.15, -0.1) is 0 Å². The number of halogens is 1. The Kier molecular flexibility index (Phi) is 8.63. The summed E-state index contributed by atoms with van der Waals surface area (Å²) in [5.74, 6) is 0.412. The van der Waals surface area contributed by atoms with Gasteiger partial charge in [0.1, 0.15) is 0 Å². The lowest BCUT2D eigenvalue weighted by Crippen LogP contribution is -2.43. The molecule has 0 aliphatic rings. The van der Waals surface area contributed by atoms with Gasteiger partial charge >= 0.3 is 0 Å². The fraction of sp³-hybridized carbons (Fsp3) is 1.00. The van der Waals surface area contributed by atoms with E-state index < -0.39 is 10.2 Å². The predicted octanol–water partition coefficient (Wildman–Crippen LogP) is 2.36. The first kappa shape index (κ1) is 17.4. The van der Waals surface area contributed by atoms with Crippen LogP contribution in [0.1, 0.15) is 40.0 Å². The normalized spacial score (nSPS) is 14.5. The molecule has 104 valence electrons. The Balaban J connectivity index is 4.32. The zero-order chi connectivity index (χ0) is 13.5. The van der Waals surface area contributed by atoms with Gasteiger partial charge in [0.15, 0.2) is 0 Å². The molecule has 0 radical (unpaired) electrons. The van der Waals surface area contributed by atoms with Crippen LogP contribution in [0.2, 0.25) is 0 Å². The molecular formula is C11H25BrN2O2S. The molecule has 0 fully saturated rings. The lowest BCUT2D eigenvalue weighted by molar-refractivity contribution is 0.391. The standard InChI is InChI=1S/C11H25BrN2O2S/c1-5-6-11(7-8-12)9-13-17(15,16)14(4)10(2)3/h10-11,13H,5-9H2,1-4H3. The van der Waals surface area contributed by atoms with E-state index in [-0.39, 0.29) is 6.04 Å². The van der Waals surface area contributed by atoms with Crippen molar-refractivity contribution < 1.29 is 8.42 Å². The van der Waals surface area contributed by atoms with Crippen LogP contribution in [0.3, 0.4) is 0 Å². The van der Waals surface area contributed by atoms with Crippen molar-refractivity contribution in [3.63, 3.8) is 0 Å². The second-order valence-electron chi connectivity index (χ2n) is 4.60. The second-order valence-corrected chi connectivity index (χ2v) is 7.20. The maximum atomic E-state index is 11.9. The SMILES string of the molecule is CCCC(CCBr)CNS(=O)(=O)N(C)C(C)C. The largest absolute Gasteiger partial charge is 0.279 e. The molecule has 0 saturated carbocycles. The van der Waals surface area contributed by atoms with Crippen molar-refractivity contribution >= 4 is 26.1 Å². The predicted molar refractivity (Wildman–Crippen MR) is 76.6 cm³/mol. The smallest absolute Gasteiger partial charge is 0.202 e. The first-order valence-electron chi connectivity index (χ1n) is 6.13. The Morgan fingerprint density at radius 3 is 2.29 bits per heavy atom. The zero-order valence-corrected chi connectivity index (χ0v) is 13.6. The van der Waals surface area contributed by atoms with E-state index in [0.29, 0.717) is 12.5 Å². The molecule has 0 aliphatic heterocycles. The van der Waals surface area contributed by atoms with Crippen LogP contribution in [0.25, 0.3) is 0 Å². The third kappa shape index (κ3) is 6.74. The molecule has 6 heteroatoms. The summed E-state index contributed by atoms with van der Waals surface area (Å²) in [4.78, 5) is 0. The fourth-order valence-corrected chi connectivity index (χ4v) is 3.37. The molecule has 0 aromatic rings. The minimum Gasteiger partial charge on any atom is -0.202 e. The van der Waals surface area contributed by atoms with Gasteiger partial charge in [-0.25, -0.2) is 4.72 Å². The van der Waals surface area contributed by atoms with Crippen LogP contribution in [0, 0.1) is 5.92 Å². The highest BCUT2D eigenvalue weighted by atomic mass is 79.9. The van der Waals surface area contributed by atoms with Gasteiger partial charge in [0.25, 0.3) is 10.2 Å². The van der Waals surface area contributed by atoms with Crippen molar-refractivity contribution in [2.75, 3.05) is 18.9 Å². The minimum absolute atomic E-state index is 0.0201. The average Bonchev–Trinajstić information content (AvgIpc) is 2.25. The first-order valence-corrected chi connectivity index (χ1v) is 8.69. The maximum absolute atomic E-state index is 11.9. The Morgan fingerprint density at radius 2 is 1.88 bits per heavy atom. The van der Waals surface area contributed by atoms with Gasteiger partial charge in [0.05, 0.1) is 0 Å². The molecule has 4 nitrogen and oxygen atoms in total. The number of hydrogen-bond acceptors (Lipinski definition) is 2. The van der Waals surface area contributed by atoms with Gasteiger partial charge in [-0.1, -0.05) is 29.3 Å². The quantitative estimate of drug-likeness (QED) is 0.660.